The number of ether oxygens (including phenoxy) is 2. The van der Waals surface area contributed by atoms with Gasteiger partial charge in [0.25, 0.3) is 0 Å². The highest BCUT2D eigenvalue weighted by Gasteiger charge is 2.60. The molecule has 2 N–H and O–H groups in total. The van der Waals surface area contributed by atoms with Crippen LogP contribution < -0.4 is 10.5 Å². The van der Waals surface area contributed by atoms with Crippen molar-refractivity contribution in [3.63, 3.8) is 0 Å². The molecule has 1 aliphatic heterocycles. The summed E-state index contributed by atoms with van der Waals surface area (Å²) in [6.07, 6.45) is 7.38. The highest BCUT2D eigenvalue weighted by Crippen LogP contribution is 2.61. The molecule has 1 fully saturated rings. The second-order valence-electron chi connectivity index (χ2n) is 8.03. The molecule has 4 rings (SSSR count). The molecule has 3 aliphatic rings. The first kappa shape index (κ1) is 18.4. The van der Waals surface area contributed by atoms with Gasteiger partial charge < -0.3 is 15.2 Å². The number of nitrogens with zero attached hydrogens (tertiary/aromatic N) is 2. The van der Waals surface area contributed by atoms with E-state index in [1.165, 1.54) is 5.56 Å². The van der Waals surface area contributed by atoms with Crippen LogP contribution in [0, 0.1) is 12.3 Å². The zero-order chi connectivity index (χ0) is 19.1. The first-order chi connectivity index (χ1) is 13.0. The van der Waals surface area contributed by atoms with Crippen molar-refractivity contribution in [3.8, 4) is 5.75 Å². The van der Waals surface area contributed by atoms with Crippen molar-refractivity contribution < 1.29 is 13.9 Å². The van der Waals surface area contributed by atoms with Crippen LogP contribution in [-0.4, -0.2) is 38.5 Å². The van der Waals surface area contributed by atoms with Gasteiger partial charge in [0.15, 0.2) is 5.66 Å². The molecular weight excluding hydrogens is 345 g/mol. The third-order valence-corrected chi connectivity index (χ3v) is 6.48. The second kappa shape index (κ2) is 6.89. The maximum atomic E-state index is 12.5. The van der Waals surface area contributed by atoms with E-state index in [1.54, 1.807) is 13.3 Å². The predicted molar refractivity (Wildman–Crippen MR) is 104 cm³/mol. The van der Waals surface area contributed by atoms with E-state index in [0.717, 1.165) is 49.0 Å². The highest BCUT2D eigenvalue weighted by molar-refractivity contribution is 6.30. The zero-order valence-electron chi connectivity index (χ0n) is 16.1. The molecule has 2 aliphatic carbocycles. The monoisotopic (exact) mass is 373 g/mol. The molecule has 0 saturated heterocycles. The van der Waals surface area contributed by atoms with Gasteiger partial charge in [-0.15, -0.1) is 0 Å². The number of alkyl halides is 1. The topological polar surface area (TPSA) is 69.2 Å². The van der Waals surface area contributed by atoms with E-state index >= 15 is 0 Å². The molecule has 1 heterocycles. The largest absolute Gasteiger partial charge is 0.493 e. The molecule has 6 heteroatoms. The van der Waals surface area contributed by atoms with Crippen molar-refractivity contribution in [1.29, 1.82) is 0 Å². The number of amidine groups is 1. The fourth-order valence-electron chi connectivity index (χ4n) is 5.08. The molecule has 0 bridgehead atoms. The molecule has 0 aromatic heterocycles. The van der Waals surface area contributed by atoms with Crippen LogP contribution in [-0.2, 0) is 16.8 Å². The number of aliphatic imine (C=N–C) groups is 2. The van der Waals surface area contributed by atoms with Crippen LogP contribution in [0.2, 0.25) is 0 Å². The lowest BCUT2D eigenvalue weighted by Crippen LogP contribution is -2.43. The van der Waals surface area contributed by atoms with Gasteiger partial charge in [0.05, 0.1) is 25.6 Å². The fraction of sp³-hybridized carbons (Fsp3) is 0.619. The summed E-state index contributed by atoms with van der Waals surface area (Å²) in [6, 6.07) is 4.26. The third-order valence-electron chi connectivity index (χ3n) is 6.48. The van der Waals surface area contributed by atoms with Gasteiger partial charge in [-0.2, -0.15) is 0 Å². The smallest absolute Gasteiger partial charge is 0.184 e. The van der Waals surface area contributed by atoms with Crippen LogP contribution >= 0.6 is 0 Å². The van der Waals surface area contributed by atoms with Gasteiger partial charge in [0.2, 0.25) is 0 Å². The lowest BCUT2D eigenvalue weighted by Gasteiger charge is -2.44. The van der Waals surface area contributed by atoms with Crippen LogP contribution in [0.1, 0.15) is 48.8 Å². The van der Waals surface area contributed by atoms with Gasteiger partial charge in [-0.25, -0.2) is 4.99 Å². The predicted octanol–water partition coefficient (Wildman–Crippen LogP) is 3.46. The Morgan fingerprint density at radius 3 is 2.70 bits per heavy atom. The van der Waals surface area contributed by atoms with Crippen molar-refractivity contribution in [3.05, 3.63) is 28.8 Å². The number of aryl methyl sites for hydroxylation is 1. The summed E-state index contributed by atoms with van der Waals surface area (Å²) in [4.78, 5) is 9.75. The van der Waals surface area contributed by atoms with Crippen LogP contribution in [0.4, 0.5) is 4.39 Å². The van der Waals surface area contributed by atoms with Crippen molar-refractivity contribution in [2.75, 3.05) is 20.4 Å². The summed E-state index contributed by atoms with van der Waals surface area (Å²) in [7, 11) is 1.79. The highest BCUT2D eigenvalue weighted by atomic mass is 19.1. The lowest BCUT2D eigenvalue weighted by atomic mass is 9.65. The summed E-state index contributed by atoms with van der Waals surface area (Å²) in [5.41, 5.74) is 8.78. The Labute approximate surface area is 159 Å². The Hall–Kier alpha value is -1.95. The van der Waals surface area contributed by atoms with Crippen LogP contribution in [0.3, 0.4) is 0 Å². The Balaban J connectivity index is 1.74. The van der Waals surface area contributed by atoms with Crippen LogP contribution in [0.25, 0.3) is 0 Å². The minimum atomic E-state index is -0.656. The zero-order valence-corrected chi connectivity index (χ0v) is 16.1. The molecule has 2 spiro atoms. The molecule has 5 nitrogen and oxygen atoms in total. The third kappa shape index (κ3) is 2.85. The van der Waals surface area contributed by atoms with Crippen molar-refractivity contribution in [1.82, 2.24) is 0 Å². The van der Waals surface area contributed by atoms with E-state index in [9.17, 15) is 4.39 Å². The molecule has 1 aromatic carbocycles. The molecule has 0 amide bonds. The summed E-state index contributed by atoms with van der Waals surface area (Å²) in [5.74, 6) is 1.27. The number of hydrogen-bond donors (Lipinski definition) is 1. The standard InChI is InChI=1S/C21H28FN3O2/c1-14-10-15-12-20(6-4-16(26-2)5-7-20)21(24-13-19(23)25-21)17(15)11-18(14)27-9-3-8-22/h10-11,13,16H,3-9,12H2,1-2H3,(H2,23,25)/t16-,20-,21?. The Morgan fingerprint density at radius 1 is 1.30 bits per heavy atom. The quantitative estimate of drug-likeness (QED) is 0.804. The van der Waals surface area contributed by atoms with Crippen molar-refractivity contribution in [2.24, 2.45) is 21.1 Å². The molecule has 1 unspecified atom stereocenters. The van der Waals surface area contributed by atoms with Crippen LogP contribution in [0.5, 0.6) is 5.75 Å². The number of nitrogens with two attached hydrogens (primary N) is 1. The average molecular weight is 373 g/mol. The molecule has 1 saturated carbocycles. The first-order valence-corrected chi connectivity index (χ1v) is 9.80. The molecule has 27 heavy (non-hydrogen) atoms. The maximum absolute atomic E-state index is 12.5. The minimum absolute atomic E-state index is 0.0635. The second-order valence-corrected chi connectivity index (χ2v) is 8.03. The number of benzene rings is 1. The SMILES string of the molecule is CO[C@H]1CC[C@]2(CC1)Cc1cc(C)c(OCCCF)cc1C21N=CC(N)=N1. The lowest BCUT2D eigenvalue weighted by molar-refractivity contribution is -0.000326. The van der Waals surface area contributed by atoms with E-state index in [2.05, 4.69) is 12.1 Å². The molecule has 1 atom stereocenters. The van der Waals surface area contributed by atoms with Crippen molar-refractivity contribution >= 4 is 12.1 Å². The average Bonchev–Trinajstić information content (AvgIpc) is 3.17. The fourth-order valence-corrected chi connectivity index (χ4v) is 5.08. The number of rotatable bonds is 5. The number of halogens is 1. The van der Waals surface area contributed by atoms with E-state index in [-0.39, 0.29) is 12.1 Å². The molecule has 1 aromatic rings. The van der Waals surface area contributed by atoms with Gasteiger partial charge in [0, 0.05) is 24.5 Å². The van der Waals surface area contributed by atoms with Gasteiger partial charge in [-0.3, -0.25) is 9.38 Å². The summed E-state index contributed by atoms with van der Waals surface area (Å²) in [5, 5.41) is 0. The Morgan fingerprint density at radius 2 is 2.07 bits per heavy atom. The number of hydrogen-bond acceptors (Lipinski definition) is 5. The van der Waals surface area contributed by atoms with Crippen molar-refractivity contribution in [2.45, 2.75) is 57.2 Å². The van der Waals surface area contributed by atoms with E-state index in [1.807, 2.05) is 6.92 Å². The summed E-state index contributed by atoms with van der Waals surface area (Å²) < 4.78 is 23.9. The molecular formula is C21H28FN3O2. The van der Waals surface area contributed by atoms with Gasteiger partial charge >= 0.3 is 0 Å². The maximum Gasteiger partial charge on any atom is 0.184 e. The van der Waals surface area contributed by atoms with Gasteiger partial charge in [-0.05, 0) is 56.2 Å². The first-order valence-electron chi connectivity index (χ1n) is 9.80. The molecule has 146 valence electrons. The van der Waals surface area contributed by atoms with E-state index in [0.29, 0.717) is 25.0 Å². The molecule has 0 radical (unpaired) electrons. The number of fused-ring (bicyclic) bond motifs is 3. The van der Waals surface area contributed by atoms with E-state index < -0.39 is 5.66 Å². The number of methoxy groups -OCH3 is 1. The van der Waals surface area contributed by atoms with Gasteiger partial charge in [-0.1, -0.05) is 6.07 Å². The summed E-state index contributed by atoms with van der Waals surface area (Å²) >= 11 is 0. The van der Waals surface area contributed by atoms with E-state index in [4.69, 9.17) is 25.2 Å². The summed E-state index contributed by atoms with van der Waals surface area (Å²) in [6.45, 7) is 2.04. The Kier molecular flexibility index (Phi) is 4.70. The minimum Gasteiger partial charge on any atom is -0.493 e. The normalized spacial score (nSPS) is 31.5. The Bertz CT molecular complexity index is 784. The van der Waals surface area contributed by atoms with Gasteiger partial charge in [0.1, 0.15) is 11.6 Å². The van der Waals surface area contributed by atoms with Crippen LogP contribution in [0.15, 0.2) is 22.1 Å².